The fourth-order valence-corrected chi connectivity index (χ4v) is 1.23. The van der Waals surface area contributed by atoms with Crippen LogP contribution >= 0.6 is 0 Å². The molecule has 0 unspecified atom stereocenters. The maximum atomic E-state index is 13.5. The lowest BCUT2D eigenvalue weighted by Gasteiger charge is -2.12. The highest BCUT2D eigenvalue weighted by atomic mass is 19.1. The van der Waals surface area contributed by atoms with E-state index in [0.29, 0.717) is 0 Å². The van der Waals surface area contributed by atoms with E-state index in [4.69, 9.17) is 9.84 Å². The Morgan fingerprint density at radius 3 is 2.65 bits per heavy atom. The standard InChI is InChI=1S/C11H12FNO4/c1-6(11(15)16)13-10(14)9-7(12)4-3-5-8(9)17-2/h3-6H,1-2H3,(H,13,14)(H,15,16)/t6-/m1/s1. The number of carbonyl (C=O) groups is 2. The molecule has 92 valence electrons. The third kappa shape index (κ3) is 2.93. The molecule has 1 amide bonds. The van der Waals surface area contributed by atoms with Crippen LogP contribution in [0.3, 0.4) is 0 Å². The second kappa shape index (κ2) is 5.29. The van der Waals surface area contributed by atoms with Crippen molar-refractivity contribution in [3.63, 3.8) is 0 Å². The molecule has 0 heterocycles. The van der Waals surface area contributed by atoms with Gasteiger partial charge in [0.15, 0.2) is 0 Å². The number of benzene rings is 1. The molecule has 0 aliphatic heterocycles. The molecule has 0 aliphatic rings. The van der Waals surface area contributed by atoms with Crippen molar-refractivity contribution in [3.05, 3.63) is 29.6 Å². The van der Waals surface area contributed by atoms with E-state index in [0.717, 1.165) is 6.07 Å². The van der Waals surface area contributed by atoms with Crippen molar-refractivity contribution < 1.29 is 23.8 Å². The number of carboxylic acids is 1. The quantitative estimate of drug-likeness (QED) is 0.825. The summed E-state index contributed by atoms with van der Waals surface area (Å²) in [6.07, 6.45) is 0. The molecule has 1 atom stereocenters. The number of nitrogens with one attached hydrogen (secondary N) is 1. The molecular formula is C11H12FNO4. The number of rotatable bonds is 4. The molecule has 1 aromatic carbocycles. The maximum Gasteiger partial charge on any atom is 0.325 e. The Labute approximate surface area is 97.2 Å². The van der Waals surface area contributed by atoms with E-state index in [-0.39, 0.29) is 11.3 Å². The van der Waals surface area contributed by atoms with E-state index in [1.165, 1.54) is 26.2 Å². The van der Waals surface area contributed by atoms with Crippen molar-refractivity contribution in [1.82, 2.24) is 5.32 Å². The molecular weight excluding hydrogens is 229 g/mol. The van der Waals surface area contributed by atoms with Gasteiger partial charge < -0.3 is 15.2 Å². The molecule has 0 saturated carbocycles. The average Bonchev–Trinajstić information content (AvgIpc) is 2.27. The van der Waals surface area contributed by atoms with Crippen LogP contribution in [-0.2, 0) is 4.79 Å². The van der Waals surface area contributed by atoms with Crippen LogP contribution in [0, 0.1) is 5.82 Å². The van der Waals surface area contributed by atoms with Gasteiger partial charge in [-0.25, -0.2) is 4.39 Å². The predicted octanol–water partition coefficient (Wildman–Crippen LogP) is 1.04. The smallest absolute Gasteiger partial charge is 0.325 e. The highest BCUT2D eigenvalue weighted by molar-refractivity contribution is 5.99. The second-order valence-electron chi connectivity index (χ2n) is 3.35. The van der Waals surface area contributed by atoms with Gasteiger partial charge >= 0.3 is 5.97 Å². The molecule has 0 spiro atoms. The van der Waals surface area contributed by atoms with E-state index >= 15 is 0 Å². The molecule has 6 heteroatoms. The monoisotopic (exact) mass is 241 g/mol. The first kappa shape index (κ1) is 13.0. The average molecular weight is 241 g/mol. The number of ether oxygens (including phenoxy) is 1. The fraction of sp³-hybridized carbons (Fsp3) is 0.273. The first-order valence-electron chi connectivity index (χ1n) is 4.83. The first-order chi connectivity index (χ1) is 7.97. The van der Waals surface area contributed by atoms with Gasteiger partial charge in [-0.1, -0.05) is 6.07 Å². The van der Waals surface area contributed by atoms with Crippen LogP contribution in [0.1, 0.15) is 17.3 Å². The van der Waals surface area contributed by atoms with Crippen LogP contribution in [0.25, 0.3) is 0 Å². The topological polar surface area (TPSA) is 75.6 Å². The second-order valence-corrected chi connectivity index (χ2v) is 3.35. The largest absolute Gasteiger partial charge is 0.496 e. The molecule has 17 heavy (non-hydrogen) atoms. The summed E-state index contributed by atoms with van der Waals surface area (Å²) in [6, 6.07) is 2.81. The van der Waals surface area contributed by atoms with Crippen LogP contribution < -0.4 is 10.1 Å². The van der Waals surface area contributed by atoms with Gasteiger partial charge in [0.1, 0.15) is 23.2 Å². The lowest BCUT2D eigenvalue weighted by atomic mass is 10.1. The Bertz CT molecular complexity index is 447. The number of hydrogen-bond donors (Lipinski definition) is 2. The van der Waals surface area contributed by atoms with Crippen molar-refractivity contribution >= 4 is 11.9 Å². The predicted molar refractivity (Wildman–Crippen MR) is 57.5 cm³/mol. The fourth-order valence-electron chi connectivity index (χ4n) is 1.23. The van der Waals surface area contributed by atoms with E-state index in [1.54, 1.807) is 0 Å². The molecule has 0 saturated heterocycles. The number of methoxy groups -OCH3 is 1. The molecule has 0 bridgehead atoms. The number of hydrogen-bond acceptors (Lipinski definition) is 3. The van der Waals surface area contributed by atoms with Crippen LogP contribution in [0.4, 0.5) is 4.39 Å². The van der Waals surface area contributed by atoms with Crippen molar-refractivity contribution in [3.8, 4) is 5.75 Å². The number of halogens is 1. The minimum absolute atomic E-state index is 0.0556. The van der Waals surface area contributed by atoms with Crippen LogP contribution in [0.5, 0.6) is 5.75 Å². The zero-order valence-corrected chi connectivity index (χ0v) is 9.36. The summed E-state index contributed by atoms with van der Waals surface area (Å²) in [5.74, 6) is -2.73. The number of carbonyl (C=O) groups excluding carboxylic acids is 1. The molecule has 0 aliphatic carbocycles. The minimum Gasteiger partial charge on any atom is -0.496 e. The third-order valence-corrected chi connectivity index (χ3v) is 2.14. The molecule has 0 aromatic heterocycles. The number of amides is 1. The summed E-state index contributed by atoms with van der Waals surface area (Å²) in [5.41, 5.74) is -0.303. The van der Waals surface area contributed by atoms with Crippen molar-refractivity contribution in [2.45, 2.75) is 13.0 Å². The first-order valence-corrected chi connectivity index (χ1v) is 4.83. The summed E-state index contributed by atoms with van der Waals surface area (Å²) in [4.78, 5) is 22.2. The van der Waals surface area contributed by atoms with Gasteiger partial charge in [0, 0.05) is 0 Å². The summed E-state index contributed by atoms with van der Waals surface area (Å²) in [7, 11) is 1.30. The Kier molecular flexibility index (Phi) is 4.03. The molecule has 5 nitrogen and oxygen atoms in total. The summed E-state index contributed by atoms with van der Waals surface area (Å²) < 4.78 is 18.3. The maximum absolute atomic E-state index is 13.5. The van der Waals surface area contributed by atoms with Gasteiger partial charge in [0.25, 0.3) is 5.91 Å². The van der Waals surface area contributed by atoms with Crippen LogP contribution in [-0.4, -0.2) is 30.1 Å². The Morgan fingerprint density at radius 2 is 2.12 bits per heavy atom. The van der Waals surface area contributed by atoms with E-state index in [2.05, 4.69) is 5.32 Å². The number of aliphatic carboxylic acids is 1. The Hall–Kier alpha value is -2.11. The third-order valence-electron chi connectivity index (χ3n) is 2.14. The van der Waals surface area contributed by atoms with Crippen molar-refractivity contribution in [2.24, 2.45) is 0 Å². The van der Waals surface area contributed by atoms with Crippen molar-refractivity contribution in [1.29, 1.82) is 0 Å². The lowest BCUT2D eigenvalue weighted by molar-refractivity contribution is -0.138. The lowest BCUT2D eigenvalue weighted by Crippen LogP contribution is -2.38. The van der Waals surface area contributed by atoms with Crippen molar-refractivity contribution in [2.75, 3.05) is 7.11 Å². The molecule has 2 N–H and O–H groups in total. The van der Waals surface area contributed by atoms with Gasteiger partial charge in [0.2, 0.25) is 0 Å². The summed E-state index contributed by atoms with van der Waals surface area (Å²) in [5, 5.41) is 10.8. The summed E-state index contributed by atoms with van der Waals surface area (Å²) >= 11 is 0. The van der Waals surface area contributed by atoms with Gasteiger partial charge in [-0.2, -0.15) is 0 Å². The van der Waals surface area contributed by atoms with Gasteiger partial charge in [-0.15, -0.1) is 0 Å². The number of carboxylic acid groups (broad SMARTS) is 1. The minimum atomic E-state index is -1.20. The zero-order chi connectivity index (χ0) is 13.0. The molecule has 0 fully saturated rings. The van der Waals surface area contributed by atoms with E-state index < -0.39 is 23.7 Å². The Morgan fingerprint density at radius 1 is 1.47 bits per heavy atom. The van der Waals surface area contributed by atoms with E-state index in [9.17, 15) is 14.0 Å². The van der Waals surface area contributed by atoms with E-state index in [1.807, 2.05) is 0 Å². The SMILES string of the molecule is COc1cccc(F)c1C(=O)N[C@H](C)C(=O)O. The van der Waals surface area contributed by atoms with Crippen LogP contribution in [0.2, 0.25) is 0 Å². The molecule has 1 aromatic rings. The highest BCUT2D eigenvalue weighted by Crippen LogP contribution is 2.20. The zero-order valence-electron chi connectivity index (χ0n) is 9.36. The highest BCUT2D eigenvalue weighted by Gasteiger charge is 2.21. The van der Waals surface area contributed by atoms with Crippen LogP contribution in [0.15, 0.2) is 18.2 Å². The Balaban J connectivity index is 3.00. The van der Waals surface area contributed by atoms with Gasteiger partial charge in [-0.05, 0) is 19.1 Å². The molecule has 1 rings (SSSR count). The summed E-state index contributed by atoms with van der Waals surface area (Å²) in [6.45, 7) is 1.29. The molecule has 0 radical (unpaired) electrons. The van der Waals surface area contributed by atoms with Gasteiger partial charge in [0.05, 0.1) is 7.11 Å². The van der Waals surface area contributed by atoms with Gasteiger partial charge in [-0.3, -0.25) is 9.59 Å². The normalized spacial score (nSPS) is 11.7.